The highest BCUT2D eigenvalue weighted by Gasteiger charge is 2.18. The molecule has 0 aromatic heterocycles. The average Bonchev–Trinajstić information content (AvgIpc) is 2.27. The van der Waals surface area contributed by atoms with Crippen LogP contribution in [0.4, 0.5) is 4.39 Å². The second-order valence-corrected chi connectivity index (χ2v) is 5.49. The number of rotatable bonds is 6. The first-order chi connectivity index (χ1) is 8.40. The molecule has 18 heavy (non-hydrogen) atoms. The quantitative estimate of drug-likeness (QED) is 0.847. The van der Waals surface area contributed by atoms with Crippen LogP contribution >= 0.6 is 15.9 Å². The van der Waals surface area contributed by atoms with Gasteiger partial charge in [0, 0.05) is 11.0 Å². The molecule has 3 nitrogen and oxygen atoms in total. The smallest absolute Gasteiger partial charge is 0.320 e. The zero-order chi connectivity index (χ0) is 13.7. The summed E-state index contributed by atoms with van der Waals surface area (Å²) >= 11 is 3.31. The summed E-state index contributed by atoms with van der Waals surface area (Å²) in [5, 5.41) is 12.0. The zero-order valence-corrected chi connectivity index (χ0v) is 12.0. The minimum absolute atomic E-state index is 0.287. The number of carbonyl (C=O) groups is 1. The summed E-state index contributed by atoms with van der Waals surface area (Å²) < 4.78 is 13.8. The van der Waals surface area contributed by atoms with Gasteiger partial charge < -0.3 is 10.4 Å². The van der Waals surface area contributed by atoms with Crippen molar-refractivity contribution >= 4 is 21.9 Å². The number of halogens is 2. The Labute approximate surface area is 115 Å². The van der Waals surface area contributed by atoms with Crippen LogP contribution in [-0.2, 0) is 11.3 Å². The van der Waals surface area contributed by atoms with Crippen molar-refractivity contribution in [2.24, 2.45) is 5.92 Å². The maximum absolute atomic E-state index is 13.1. The van der Waals surface area contributed by atoms with E-state index in [1.165, 1.54) is 12.1 Å². The molecule has 1 aromatic carbocycles. The Balaban J connectivity index is 2.66. The third-order valence-electron chi connectivity index (χ3n) is 2.55. The lowest BCUT2D eigenvalue weighted by Gasteiger charge is -2.17. The number of aliphatic carboxylic acids is 1. The van der Waals surface area contributed by atoms with Crippen molar-refractivity contribution in [2.45, 2.75) is 32.9 Å². The summed E-state index contributed by atoms with van der Waals surface area (Å²) in [4.78, 5) is 11.1. The Kier molecular flexibility index (Phi) is 5.75. The largest absolute Gasteiger partial charge is 0.480 e. The number of carboxylic acid groups (broad SMARTS) is 1. The Morgan fingerprint density at radius 1 is 1.50 bits per heavy atom. The molecule has 1 rings (SSSR count). The van der Waals surface area contributed by atoms with Gasteiger partial charge in [0.25, 0.3) is 0 Å². The lowest BCUT2D eigenvalue weighted by atomic mass is 10.0. The standard InChI is InChI=1S/C13H17BrFNO2/c1-8(2)5-12(13(17)18)16-7-9-6-10(15)3-4-11(9)14/h3-4,6,8,12,16H,5,7H2,1-2H3,(H,17,18). The van der Waals surface area contributed by atoms with E-state index < -0.39 is 12.0 Å². The van der Waals surface area contributed by atoms with Gasteiger partial charge in [-0.25, -0.2) is 4.39 Å². The summed E-state index contributed by atoms with van der Waals surface area (Å²) in [6.07, 6.45) is 0.544. The maximum atomic E-state index is 13.1. The predicted molar refractivity (Wildman–Crippen MR) is 71.8 cm³/mol. The van der Waals surface area contributed by atoms with Crippen molar-refractivity contribution in [1.82, 2.24) is 5.32 Å². The van der Waals surface area contributed by atoms with E-state index in [-0.39, 0.29) is 11.7 Å². The molecule has 1 atom stereocenters. The van der Waals surface area contributed by atoms with Crippen LogP contribution in [-0.4, -0.2) is 17.1 Å². The average molecular weight is 318 g/mol. The van der Waals surface area contributed by atoms with Gasteiger partial charge in [0.15, 0.2) is 0 Å². The Morgan fingerprint density at radius 3 is 2.72 bits per heavy atom. The molecule has 0 aliphatic carbocycles. The highest BCUT2D eigenvalue weighted by molar-refractivity contribution is 9.10. The first-order valence-corrected chi connectivity index (χ1v) is 6.59. The topological polar surface area (TPSA) is 49.3 Å². The van der Waals surface area contributed by atoms with Crippen LogP contribution in [0.5, 0.6) is 0 Å². The second kappa shape index (κ2) is 6.85. The van der Waals surface area contributed by atoms with Gasteiger partial charge in [-0.1, -0.05) is 29.8 Å². The molecule has 0 fully saturated rings. The van der Waals surface area contributed by atoms with E-state index in [0.29, 0.717) is 18.5 Å². The molecule has 0 bridgehead atoms. The van der Waals surface area contributed by atoms with Gasteiger partial charge >= 0.3 is 5.97 Å². The van der Waals surface area contributed by atoms with Crippen molar-refractivity contribution in [3.63, 3.8) is 0 Å². The first-order valence-electron chi connectivity index (χ1n) is 5.80. The van der Waals surface area contributed by atoms with Gasteiger partial charge in [-0.15, -0.1) is 0 Å². The van der Waals surface area contributed by atoms with E-state index in [9.17, 15) is 9.18 Å². The normalized spacial score (nSPS) is 12.7. The van der Waals surface area contributed by atoms with Crippen molar-refractivity contribution in [2.75, 3.05) is 0 Å². The van der Waals surface area contributed by atoms with Crippen LogP contribution < -0.4 is 5.32 Å². The van der Waals surface area contributed by atoms with Gasteiger partial charge in [-0.2, -0.15) is 0 Å². The fourth-order valence-electron chi connectivity index (χ4n) is 1.65. The molecule has 100 valence electrons. The van der Waals surface area contributed by atoms with Gasteiger partial charge in [0.2, 0.25) is 0 Å². The highest BCUT2D eigenvalue weighted by Crippen LogP contribution is 2.18. The Bertz CT molecular complexity index is 423. The molecule has 0 aliphatic rings. The van der Waals surface area contributed by atoms with E-state index in [2.05, 4.69) is 21.2 Å². The van der Waals surface area contributed by atoms with E-state index in [1.807, 2.05) is 13.8 Å². The third kappa shape index (κ3) is 4.74. The lowest BCUT2D eigenvalue weighted by molar-refractivity contribution is -0.140. The van der Waals surface area contributed by atoms with Crippen LogP contribution in [0.25, 0.3) is 0 Å². The molecule has 0 saturated heterocycles. The van der Waals surface area contributed by atoms with E-state index in [1.54, 1.807) is 6.07 Å². The van der Waals surface area contributed by atoms with Gasteiger partial charge in [-0.05, 0) is 36.1 Å². The maximum Gasteiger partial charge on any atom is 0.320 e. The van der Waals surface area contributed by atoms with Gasteiger partial charge in [0.05, 0.1) is 0 Å². The summed E-state index contributed by atoms with van der Waals surface area (Å²) in [6.45, 7) is 4.26. The molecule has 0 amide bonds. The van der Waals surface area contributed by atoms with E-state index in [0.717, 1.165) is 4.47 Å². The Morgan fingerprint density at radius 2 is 2.17 bits per heavy atom. The number of hydrogen-bond donors (Lipinski definition) is 2. The zero-order valence-electron chi connectivity index (χ0n) is 10.4. The first kappa shape index (κ1) is 15.1. The lowest BCUT2D eigenvalue weighted by Crippen LogP contribution is -2.37. The molecular weight excluding hydrogens is 301 g/mol. The molecule has 0 radical (unpaired) electrons. The van der Waals surface area contributed by atoms with E-state index in [4.69, 9.17) is 5.11 Å². The number of hydrogen-bond acceptors (Lipinski definition) is 2. The molecule has 0 heterocycles. The highest BCUT2D eigenvalue weighted by atomic mass is 79.9. The summed E-state index contributed by atoms with van der Waals surface area (Å²) in [5.74, 6) is -0.920. The predicted octanol–water partition coefficient (Wildman–Crippen LogP) is 3.18. The van der Waals surface area contributed by atoms with Crippen LogP contribution in [0.3, 0.4) is 0 Å². The molecule has 2 N–H and O–H groups in total. The van der Waals surface area contributed by atoms with Crippen LogP contribution in [0.1, 0.15) is 25.8 Å². The fraction of sp³-hybridized carbons (Fsp3) is 0.462. The van der Waals surface area contributed by atoms with Crippen LogP contribution in [0.2, 0.25) is 0 Å². The van der Waals surface area contributed by atoms with Crippen molar-refractivity contribution in [3.8, 4) is 0 Å². The molecule has 5 heteroatoms. The second-order valence-electron chi connectivity index (χ2n) is 4.64. The van der Waals surface area contributed by atoms with Crippen molar-refractivity contribution < 1.29 is 14.3 Å². The van der Waals surface area contributed by atoms with E-state index >= 15 is 0 Å². The SMILES string of the molecule is CC(C)CC(NCc1cc(F)ccc1Br)C(=O)O. The van der Waals surface area contributed by atoms with Gasteiger partial charge in [-0.3, -0.25) is 4.79 Å². The summed E-state index contributed by atoms with van der Waals surface area (Å²) in [5.41, 5.74) is 0.713. The molecule has 1 aromatic rings. The molecule has 0 saturated carbocycles. The molecular formula is C13H17BrFNO2. The van der Waals surface area contributed by atoms with Gasteiger partial charge in [0.1, 0.15) is 11.9 Å². The van der Waals surface area contributed by atoms with Crippen LogP contribution in [0.15, 0.2) is 22.7 Å². The van der Waals surface area contributed by atoms with Crippen LogP contribution in [0, 0.1) is 11.7 Å². The number of nitrogens with one attached hydrogen (secondary N) is 1. The number of benzene rings is 1. The third-order valence-corrected chi connectivity index (χ3v) is 3.33. The summed E-state index contributed by atoms with van der Waals surface area (Å²) in [7, 11) is 0. The minimum Gasteiger partial charge on any atom is -0.480 e. The summed E-state index contributed by atoms with van der Waals surface area (Å²) in [6, 6.07) is 3.76. The molecule has 0 aliphatic heterocycles. The minimum atomic E-state index is -0.878. The fourth-order valence-corrected chi connectivity index (χ4v) is 2.04. The molecule has 1 unspecified atom stereocenters. The monoisotopic (exact) mass is 317 g/mol. The molecule has 0 spiro atoms. The van der Waals surface area contributed by atoms with Crippen molar-refractivity contribution in [3.05, 3.63) is 34.1 Å². The Hall–Kier alpha value is -0.940. The number of carboxylic acids is 1. The van der Waals surface area contributed by atoms with Crippen molar-refractivity contribution in [1.29, 1.82) is 0 Å².